The van der Waals surface area contributed by atoms with Gasteiger partial charge in [0.05, 0.1) is 13.2 Å². The standard InChI is InChI=1S/C10H12O/c1-2-4-9(5-3-1)6-10-7-11-8-10/h1-5,10H,6-8H2. The van der Waals surface area contributed by atoms with Gasteiger partial charge in [0.15, 0.2) is 0 Å². The number of benzene rings is 1. The lowest BCUT2D eigenvalue weighted by Gasteiger charge is -2.25. The van der Waals surface area contributed by atoms with Crippen molar-refractivity contribution in [3.05, 3.63) is 35.9 Å². The Morgan fingerprint density at radius 1 is 1.18 bits per heavy atom. The molecule has 0 bridgehead atoms. The van der Waals surface area contributed by atoms with E-state index in [4.69, 9.17) is 4.74 Å². The molecule has 0 saturated carbocycles. The predicted octanol–water partition coefficient (Wildman–Crippen LogP) is 1.88. The largest absolute Gasteiger partial charge is 0.381 e. The van der Waals surface area contributed by atoms with E-state index in [2.05, 4.69) is 30.3 Å². The van der Waals surface area contributed by atoms with E-state index in [9.17, 15) is 0 Å². The van der Waals surface area contributed by atoms with Gasteiger partial charge in [0.1, 0.15) is 0 Å². The molecule has 0 aromatic heterocycles. The molecule has 0 aliphatic carbocycles. The van der Waals surface area contributed by atoms with E-state index in [1.54, 1.807) is 0 Å². The lowest BCUT2D eigenvalue weighted by molar-refractivity contribution is -0.0312. The van der Waals surface area contributed by atoms with Crippen molar-refractivity contribution in [2.75, 3.05) is 13.2 Å². The first kappa shape index (κ1) is 6.86. The Balaban J connectivity index is 1.95. The van der Waals surface area contributed by atoms with Crippen LogP contribution in [0.2, 0.25) is 0 Å². The number of hydrogen-bond donors (Lipinski definition) is 0. The van der Waals surface area contributed by atoms with Gasteiger partial charge >= 0.3 is 0 Å². The monoisotopic (exact) mass is 148 g/mol. The molecular weight excluding hydrogens is 136 g/mol. The lowest BCUT2D eigenvalue weighted by Crippen LogP contribution is -2.29. The summed E-state index contributed by atoms with van der Waals surface area (Å²) in [5.41, 5.74) is 1.43. The van der Waals surface area contributed by atoms with Crippen LogP contribution in [-0.2, 0) is 11.2 Å². The van der Waals surface area contributed by atoms with E-state index < -0.39 is 0 Å². The topological polar surface area (TPSA) is 9.23 Å². The van der Waals surface area contributed by atoms with E-state index in [-0.39, 0.29) is 0 Å². The first-order valence-corrected chi connectivity index (χ1v) is 4.07. The van der Waals surface area contributed by atoms with Gasteiger partial charge in [-0.05, 0) is 12.0 Å². The Labute approximate surface area is 67.0 Å². The smallest absolute Gasteiger partial charge is 0.0519 e. The summed E-state index contributed by atoms with van der Waals surface area (Å²) in [5, 5.41) is 0. The fourth-order valence-electron chi connectivity index (χ4n) is 1.35. The molecule has 1 fully saturated rings. The van der Waals surface area contributed by atoms with Gasteiger partial charge in [-0.25, -0.2) is 0 Å². The Morgan fingerprint density at radius 2 is 1.91 bits per heavy atom. The van der Waals surface area contributed by atoms with Crippen LogP contribution in [0, 0.1) is 5.92 Å². The number of rotatable bonds is 2. The molecular formula is C10H12O. The molecule has 0 N–H and O–H groups in total. The molecule has 1 aromatic carbocycles. The first-order valence-electron chi connectivity index (χ1n) is 4.07. The van der Waals surface area contributed by atoms with Crippen LogP contribution in [0.5, 0.6) is 0 Å². The van der Waals surface area contributed by atoms with Crippen molar-refractivity contribution < 1.29 is 4.74 Å². The molecule has 1 aliphatic heterocycles. The zero-order valence-corrected chi connectivity index (χ0v) is 6.49. The molecule has 1 heteroatoms. The van der Waals surface area contributed by atoms with Crippen LogP contribution in [0.4, 0.5) is 0 Å². The summed E-state index contributed by atoms with van der Waals surface area (Å²) in [6, 6.07) is 10.6. The third-order valence-electron chi connectivity index (χ3n) is 2.07. The maximum absolute atomic E-state index is 5.11. The minimum atomic E-state index is 0.775. The summed E-state index contributed by atoms with van der Waals surface area (Å²) in [7, 11) is 0. The van der Waals surface area contributed by atoms with Crippen molar-refractivity contribution in [2.24, 2.45) is 5.92 Å². The minimum Gasteiger partial charge on any atom is -0.381 e. The van der Waals surface area contributed by atoms with Crippen LogP contribution in [0.25, 0.3) is 0 Å². The normalized spacial score (nSPS) is 17.8. The fourth-order valence-corrected chi connectivity index (χ4v) is 1.35. The van der Waals surface area contributed by atoms with Crippen molar-refractivity contribution in [1.29, 1.82) is 0 Å². The summed E-state index contributed by atoms with van der Waals surface area (Å²) in [6.07, 6.45) is 1.18. The van der Waals surface area contributed by atoms with Gasteiger partial charge < -0.3 is 4.74 Å². The maximum Gasteiger partial charge on any atom is 0.0519 e. The van der Waals surface area contributed by atoms with Gasteiger partial charge in [-0.3, -0.25) is 0 Å². The molecule has 58 valence electrons. The quantitative estimate of drug-likeness (QED) is 0.622. The van der Waals surface area contributed by atoms with Crippen molar-refractivity contribution in [1.82, 2.24) is 0 Å². The lowest BCUT2D eigenvalue weighted by atomic mass is 9.98. The van der Waals surface area contributed by atoms with E-state index in [1.165, 1.54) is 12.0 Å². The minimum absolute atomic E-state index is 0.775. The molecule has 0 atom stereocenters. The third-order valence-corrected chi connectivity index (χ3v) is 2.07. The zero-order chi connectivity index (χ0) is 7.52. The van der Waals surface area contributed by atoms with Crippen LogP contribution in [0.3, 0.4) is 0 Å². The third kappa shape index (κ3) is 1.60. The second kappa shape index (κ2) is 3.05. The number of hydrogen-bond acceptors (Lipinski definition) is 1. The van der Waals surface area contributed by atoms with E-state index in [1.807, 2.05) is 0 Å². The van der Waals surface area contributed by atoms with Crippen molar-refractivity contribution in [3.8, 4) is 0 Å². The van der Waals surface area contributed by atoms with Crippen LogP contribution < -0.4 is 0 Å². The predicted molar refractivity (Wildman–Crippen MR) is 44.5 cm³/mol. The van der Waals surface area contributed by atoms with Crippen LogP contribution >= 0.6 is 0 Å². The van der Waals surface area contributed by atoms with E-state index in [0.29, 0.717) is 0 Å². The second-order valence-electron chi connectivity index (χ2n) is 3.09. The molecule has 2 rings (SSSR count). The van der Waals surface area contributed by atoms with Gasteiger partial charge in [0.2, 0.25) is 0 Å². The summed E-state index contributed by atoms with van der Waals surface area (Å²) >= 11 is 0. The molecule has 1 aromatic rings. The summed E-state index contributed by atoms with van der Waals surface area (Å²) < 4.78 is 5.11. The number of ether oxygens (including phenoxy) is 1. The zero-order valence-electron chi connectivity index (χ0n) is 6.49. The van der Waals surface area contributed by atoms with Crippen LogP contribution in [0.15, 0.2) is 30.3 Å². The molecule has 0 spiro atoms. The van der Waals surface area contributed by atoms with Crippen molar-refractivity contribution in [2.45, 2.75) is 6.42 Å². The highest BCUT2D eigenvalue weighted by Gasteiger charge is 2.17. The van der Waals surface area contributed by atoms with Crippen molar-refractivity contribution in [3.63, 3.8) is 0 Å². The van der Waals surface area contributed by atoms with Crippen LogP contribution in [-0.4, -0.2) is 13.2 Å². The highest BCUT2D eigenvalue weighted by atomic mass is 16.5. The van der Waals surface area contributed by atoms with Gasteiger partial charge in [-0.2, -0.15) is 0 Å². The van der Waals surface area contributed by atoms with Gasteiger partial charge in [0.25, 0.3) is 0 Å². The van der Waals surface area contributed by atoms with Gasteiger partial charge in [-0.15, -0.1) is 0 Å². The van der Waals surface area contributed by atoms with Gasteiger partial charge in [0, 0.05) is 5.92 Å². The molecule has 1 saturated heterocycles. The summed E-state index contributed by atoms with van der Waals surface area (Å²) in [6.45, 7) is 1.91. The Morgan fingerprint density at radius 3 is 2.45 bits per heavy atom. The SMILES string of the molecule is c1ccc(CC2COC2)cc1. The average molecular weight is 148 g/mol. The van der Waals surface area contributed by atoms with Crippen LogP contribution in [0.1, 0.15) is 5.56 Å². The first-order chi connectivity index (χ1) is 5.45. The van der Waals surface area contributed by atoms with Gasteiger partial charge in [-0.1, -0.05) is 30.3 Å². The average Bonchev–Trinajstić information content (AvgIpc) is 1.99. The Bertz CT molecular complexity index is 214. The molecule has 0 unspecified atom stereocenters. The van der Waals surface area contributed by atoms with E-state index in [0.717, 1.165) is 19.1 Å². The highest BCUT2D eigenvalue weighted by Crippen LogP contribution is 2.15. The maximum atomic E-state index is 5.11. The molecule has 1 nitrogen and oxygen atoms in total. The summed E-state index contributed by atoms with van der Waals surface area (Å²) in [4.78, 5) is 0. The Hall–Kier alpha value is -0.820. The highest BCUT2D eigenvalue weighted by molar-refractivity contribution is 5.15. The second-order valence-corrected chi connectivity index (χ2v) is 3.09. The fraction of sp³-hybridized carbons (Fsp3) is 0.400. The molecule has 1 heterocycles. The molecule has 11 heavy (non-hydrogen) atoms. The molecule has 1 aliphatic rings. The Kier molecular flexibility index (Phi) is 1.91. The van der Waals surface area contributed by atoms with Crippen molar-refractivity contribution >= 4 is 0 Å². The van der Waals surface area contributed by atoms with E-state index >= 15 is 0 Å². The molecule has 0 amide bonds. The summed E-state index contributed by atoms with van der Waals surface area (Å²) in [5.74, 6) is 0.775. The molecule has 0 radical (unpaired) electrons.